The molecule has 2 rings (SSSR count). The third-order valence-corrected chi connectivity index (χ3v) is 2.00. The zero-order valence-electron chi connectivity index (χ0n) is 7.53. The van der Waals surface area contributed by atoms with E-state index in [-0.39, 0.29) is 0 Å². The molecule has 1 heterocycles. The summed E-state index contributed by atoms with van der Waals surface area (Å²) in [5.41, 5.74) is 7.60. The lowest BCUT2D eigenvalue weighted by molar-refractivity contribution is 0.132. The topological polar surface area (TPSA) is 40.2 Å². The maximum Gasteiger partial charge on any atom is 0.112 e. The van der Waals surface area contributed by atoms with Crippen LogP contribution in [0.4, 0.5) is 5.69 Å². The average molecular weight is 176 g/mol. The number of fused-ring (bicyclic) bond motifs is 1. The van der Waals surface area contributed by atoms with Crippen LogP contribution in [0.15, 0.2) is 30.5 Å². The molecule has 3 heteroatoms. The molecule has 0 radical (unpaired) electrons. The third-order valence-electron chi connectivity index (χ3n) is 2.00. The summed E-state index contributed by atoms with van der Waals surface area (Å²) < 4.78 is 1.74. The van der Waals surface area contributed by atoms with E-state index < -0.39 is 0 Å². The van der Waals surface area contributed by atoms with Gasteiger partial charge in [0.15, 0.2) is 0 Å². The van der Waals surface area contributed by atoms with Crippen molar-refractivity contribution in [2.24, 2.45) is 0 Å². The molecule has 0 fully saturated rings. The van der Waals surface area contributed by atoms with Gasteiger partial charge in [0, 0.05) is 17.3 Å². The molecule has 2 N–H and O–H groups in total. The van der Waals surface area contributed by atoms with Crippen molar-refractivity contribution in [2.45, 2.75) is 6.92 Å². The normalized spacial score (nSPS) is 10.5. The molecule has 0 aliphatic carbocycles. The maximum atomic E-state index is 5.80. The minimum atomic E-state index is 0.651. The predicted octanol–water partition coefficient (Wildman–Crippen LogP) is 1.67. The number of anilines is 1. The van der Waals surface area contributed by atoms with Crippen molar-refractivity contribution < 1.29 is 4.84 Å². The molecular formula is C10H12N2O. The first kappa shape index (κ1) is 7.98. The van der Waals surface area contributed by atoms with Gasteiger partial charge in [-0.05, 0) is 25.1 Å². The summed E-state index contributed by atoms with van der Waals surface area (Å²) in [6, 6.07) is 7.76. The van der Waals surface area contributed by atoms with E-state index in [1.165, 1.54) is 0 Å². The largest absolute Gasteiger partial charge is 0.414 e. The fraction of sp³-hybridized carbons (Fsp3) is 0.200. The highest BCUT2D eigenvalue weighted by molar-refractivity contribution is 5.90. The van der Waals surface area contributed by atoms with Crippen LogP contribution in [-0.2, 0) is 0 Å². The van der Waals surface area contributed by atoms with Crippen LogP contribution >= 0.6 is 0 Å². The molecule has 2 aromatic rings. The van der Waals surface area contributed by atoms with E-state index in [4.69, 9.17) is 10.6 Å². The molecule has 0 atom stereocenters. The van der Waals surface area contributed by atoms with Crippen molar-refractivity contribution in [2.75, 3.05) is 12.3 Å². The Balaban J connectivity index is 2.61. The molecule has 13 heavy (non-hydrogen) atoms. The van der Waals surface area contributed by atoms with Crippen molar-refractivity contribution >= 4 is 16.6 Å². The second kappa shape index (κ2) is 3.01. The molecule has 0 aliphatic heterocycles. The van der Waals surface area contributed by atoms with Gasteiger partial charge in [-0.25, -0.2) is 0 Å². The van der Waals surface area contributed by atoms with Crippen LogP contribution in [0.1, 0.15) is 6.92 Å². The highest BCUT2D eigenvalue weighted by Crippen LogP contribution is 2.20. The molecule has 0 amide bonds. The number of nitrogen functional groups attached to an aromatic ring is 1. The fourth-order valence-corrected chi connectivity index (χ4v) is 1.42. The lowest BCUT2D eigenvalue weighted by atomic mass is 10.2. The lowest BCUT2D eigenvalue weighted by Crippen LogP contribution is -2.08. The molecule has 0 saturated carbocycles. The van der Waals surface area contributed by atoms with Crippen LogP contribution in [-0.4, -0.2) is 11.3 Å². The minimum Gasteiger partial charge on any atom is -0.414 e. The molecule has 0 bridgehead atoms. The van der Waals surface area contributed by atoms with Crippen LogP contribution in [0.5, 0.6) is 0 Å². The van der Waals surface area contributed by atoms with Gasteiger partial charge in [0.1, 0.15) is 6.61 Å². The van der Waals surface area contributed by atoms with E-state index in [1.807, 2.05) is 37.4 Å². The number of rotatable bonds is 2. The lowest BCUT2D eigenvalue weighted by Gasteiger charge is -2.05. The first-order valence-electron chi connectivity index (χ1n) is 4.31. The van der Waals surface area contributed by atoms with E-state index in [0.29, 0.717) is 6.61 Å². The number of benzene rings is 1. The molecule has 1 aromatic carbocycles. The van der Waals surface area contributed by atoms with Crippen LogP contribution < -0.4 is 10.6 Å². The third kappa shape index (κ3) is 1.22. The summed E-state index contributed by atoms with van der Waals surface area (Å²) in [5.74, 6) is 0. The Morgan fingerprint density at radius 2 is 2.23 bits per heavy atom. The zero-order valence-corrected chi connectivity index (χ0v) is 7.53. The monoisotopic (exact) mass is 176 g/mol. The van der Waals surface area contributed by atoms with Gasteiger partial charge in [-0.3, -0.25) is 0 Å². The molecule has 0 aliphatic rings. The average Bonchev–Trinajstić information content (AvgIpc) is 2.51. The van der Waals surface area contributed by atoms with Crippen molar-refractivity contribution in [3.8, 4) is 0 Å². The van der Waals surface area contributed by atoms with Crippen molar-refractivity contribution in [3.63, 3.8) is 0 Å². The second-order valence-electron chi connectivity index (χ2n) is 2.84. The van der Waals surface area contributed by atoms with Gasteiger partial charge in [-0.15, -0.1) is 0 Å². The standard InChI is InChI=1S/C10H12N2O/c1-2-13-12-7-6-8-9(11)4-3-5-10(8)12/h3-7H,2,11H2,1H3. The number of hydrogen-bond acceptors (Lipinski definition) is 2. The van der Waals surface area contributed by atoms with E-state index in [2.05, 4.69) is 0 Å². The van der Waals surface area contributed by atoms with Crippen molar-refractivity contribution in [1.29, 1.82) is 0 Å². The first-order valence-corrected chi connectivity index (χ1v) is 4.31. The number of nitrogens with two attached hydrogens (primary N) is 1. The van der Waals surface area contributed by atoms with Crippen molar-refractivity contribution in [3.05, 3.63) is 30.5 Å². The summed E-state index contributed by atoms with van der Waals surface area (Å²) in [6.45, 7) is 2.61. The van der Waals surface area contributed by atoms with Gasteiger partial charge < -0.3 is 10.6 Å². The molecule has 0 unspecified atom stereocenters. The quantitative estimate of drug-likeness (QED) is 0.707. The maximum absolute atomic E-state index is 5.80. The summed E-state index contributed by atoms with van der Waals surface area (Å²) >= 11 is 0. The Kier molecular flexibility index (Phi) is 1.85. The molecule has 0 saturated heterocycles. The van der Waals surface area contributed by atoms with Gasteiger partial charge in [-0.2, -0.15) is 4.73 Å². The van der Waals surface area contributed by atoms with Crippen molar-refractivity contribution in [1.82, 2.24) is 4.73 Å². The number of aromatic nitrogens is 1. The Hall–Kier alpha value is -1.64. The summed E-state index contributed by atoms with van der Waals surface area (Å²) in [5, 5.41) is 1.04. The highest BCUT2D eigenvalue weighted by atomic mass is 16.7. The molecular weight excluding hydrogens is 164 g/mol. The Bertz CT molecular complexity index is 420. The number of hydrogen-bond donors (Lipinski definition) is 1. The fourth-order valence-electron chi connectivity index (χ4n) is 1.42. The second-order valence-corrected chi connectivity index (χ2v) is 2.84. The smallest absolute Gasteiger partial charge is 0.112 e. The Morgan fingerprint density at radius 3 is 3.00 bits per heavy atom. The summed E-state index contributed by atoms with van der Waals surface area (Å²) in [6.07, 6.45) is 1.88. The van der Waals surface area contributed by atoms with Gasteiger partial charge in [-0.1, -0.05) is 6.07 Å². The Morgan fingerprint density at radius 1 is 1.38 bits per heavy atom. The summed E-state index contributed by atoms with van der Waals surface area (Å²) in [4.78, 5) is 5.38. The zero-order chi connectivity index (χ0) is 9.26. The van der Waals surface area contributed by atoms with Gasteiger partial charge >= 0.3 is 0 Å². The number of nitrogens with zero attached hydrogens (tertiary/aromatic N) is 1. The van der Waals surface area contributed by atoms with Gasteiger partial charge in [0.25, 0.3) is 0 Å². The van der Waals surface area contributed by atoms with Crippen LogP contribution in [0.25, 0.3) is 10.9 Å². The van der Waals surface area contributed by atoms with Crippen LogP contribution in [0.3, 0.4) is 0 Å². The molecule has 1 aromatic heterocycles. The van der Waals surface area contributed by atoms with E-state index in [9.17, 15) is 0 Å². The first-order chi connectivity index (χ1) is 6.33. The van der Waals surface area contributed by atoms with Gasteiger partial charge in [0.05, 0.1) is 5.52 Å². The van der Waals surface area contributed by atoms with Crippen LogP contribution in [0, 0.1) is 0 Å². The molecule has 0 spiro atoms. The Labute approximate surface area is 76.7 Å². The minimum absolute atomic E-state index is 0.651. The highest BCUT2D eigenvalue weighted by Gasteiger charge is 2.02. The molecule has 68 valence electrons. The van der Waals surface area contributed by atoms with E-state index in [0.717, 1.165) is 16.6 Å². The molecule has 3 nitrogen and oxygen atoms in total. The van der Waals surface area contributed by atoms with E-state index >= 15 is 0 Å². The SMILES string of the molecule is CCOn1ccc2c(N)cccc21. The van der Waals surface area contributed by atoms with E-state index in [1.54, 1.807) is 4.73 Å². The predicted molar refractivity (Wildman–Crippen MR) is 53.5 cm³/mol. The summed E-state index contributed by atoms with van der Waals surface area (Å²) in [7, 11) is 0. The van der Waals surface area contributed by atoms with Gasteiger partial charge in [0.2, 0.25) is 0 Å². The van der Waals surface area contributed by atoms with Crippen LogP contribution in [0.2, 0.25) is 0 Å².